The molecule has 0 amide bonds. The predicted octanol–water partition coefficient (Wildman–Crippen LogP) is 0.588. The second kappa shape index (κ2) is 3.77. The standard InChI is InChI=1S/C8H9N3O2S/c1-9-7-4-2-3-6(5-7)8-10-13-14(12)11-8/h2-5,9H,1H3,(H,10,11). The lowest BCUT2D eigenvalue weighted by Crippen LogP contribution is -2.17. The SMILES string of the molecule is CNc1cccc(C2=NS(=O)ON2)c1. The molecule has 0 radical (unpaired) electrons. The summed E-state index contributed by atoms with van der Waals surface area (Å²) >= 11 is -1.61. The molecule has 0 bridgehead atoms. The van der Waals surface area contributed by atoms with Gasteiger partial charge in [0.05, 0.1) is 0 Å². The first-order valence-electron chi connectivity index (χ1n) is 4.02. The Morgan fingerprint density at radius 1 is 1.57 bits per heavy atom. The number of nitrogens with zero attached hydrogens (tertiary/aromatic N) is 1. The number of amidine groups is 1. The van der Waals surface area contributed by atoms with Gasteiger partial charge in [0.25, 0.3) is 0 Å². The Balaban J connectivity index is 2.32. The Bertz CT molecular complexity index is 405. The second-order valence-electron chi connectivity index (χ2n) is 2.67. The normalized spacial score (nSPS) is 20.1. The summed E-state index contributed by atoms with van der Waals surface area (Å²) < 4.78 is 19.2. The van der Waals surface area contributed by atoms with Crippen LogP contribution in [0.15, 0.2) is 28.7 Å². The van der Waals surface area contributed by atoms with Crippen LogP contribution in [0.1, 0.15) is 5.56 Å². The molecule has 0 fully saturated rings. The van der Waals surface area contributed by atoms with Gasteiger partial charge in [-0.05, 0) is 12.1 Å². The van der Waals surface area contributed by atoms with Crippen molar-refractivity contribution < 1.29 is 8.49 Å². The quantitative estimate of drug-likeness (QED) is 0.751. The van der Waals surface area contributed by atoms with Crippen molar-refractivity contribution in [2.45, 2.75) is 0 Å². The minimum absolute atomic E-state index is 0.487. The number of anilines is 1. The van der Waals surface area contributed by atoms with E-state index in [0.717, 1.165) is 11.3 Å². The van der Waals surface area contributed by atoms with Gasteiger partial charge in [-0.3, -0.25) is 0 Å². The van der Waals surface area contributed by atoms with E-state index >= 15 is 0 Å². The molecule has 0 aliphatic carbocycles. The summed E-state index contributed by atoms with van der Waals surface area (Å²) in [6, 6.07) is 7.56. The fraction of sp³-hybridized carbons (Fsp3) is 0.125. The average Bonchev–Trinajstić information content (AvgIpc) is 2.65. The number of hydrogen-bond donors (Lipinski definition) is 2. The lowest BCUT2D eigenvalue weighted by molar-refractivity contribution is 0.306. The molecule has 2 rings (SSSR count). The van der Waals surface area contributed by atoms with Gasteiger partial charge in [-0.25, -0.2) is 9.69 Å². The molecule has 14 heavy (non-hydrogen) atoms. The summed E-state index contributed by atoms with van der Waals surface area (Å²) in [6.07, 6.45) is 0. The van der Waals surface area contributed by atoms with Crippen molar-refractivity contribution in [2.75, 3.05) is 12.4 Å². The topological polar surface area (TPSA) is 62.7 Å². The lowest BCUT2D eigenvalue weighted by atomic mass is 10.2. The van der Waals surface area contributed by atoms with Crippen LogP contribution in [-0.4, -0.2) is 17.1 Å². The smallest absolute Gasteiger partial charge is 0.309 e. The van der Waals surface area contributed by atoms with E-state index in [1.54, 1.807) is 0 Å². The average molecular weight is 211 g/mol. The molecule has 1 unspecified atom stereocenters. The van der Waals surface area contributed by atoms with Gasteiger partial charge >= 0.3 is 11.3 Å². The molecule has 5 nitrogen and oxygen atoms in total. The summed E-state index contributed by atoms with van der Waals surface area (Å²) in [5, 5.41) is 3.00. The fourth-order valence-electron chi connectivity index (χ4n) is 1.12. The zero-order valence-corrected chi connectivity index (χ0v) is 8.30. The van der Waals surface area contributed by atoms with E-state index in [9.17, 15) is 4.21 Å². The Morgan fingerprint density at radius 2 is 2.43 bits per heavy atom. The highest BCUT2D eigenvalue weighted by atomic mass is 32.2. The number of rotatable bonds is 2. The first-order valence-corrected chi connectivity index (χ1v) is 5.05. The molecule has 1 heterocycles. The Morgan fingerprint density at radius 3 is 3.07 bits per heavy atom. The molecular weight excluding hydrogens is 202 g/mol. The van der Waals surface area contributed by atoms with Gasteiger partial charge in [0.15, 0.2) is 5.84 Å². The van der Waals surface area contributed by atoms with Gasteiger partial charge in [0, 0.05) is 18.3 Å². The van der Waals surface area contributed by atoms with Gasteiger partial charge in [-0.1, -0.05) is 12.1 Å². The zero-order valence-electron chi connectivity index (χ0n) is 7.48. The van der Waals surface area contributed by atoms with E-state index in [-0.39, 0.29) is 0 Å². The minimum atomic E-state index is -1.61. The van der Waals surface area contributed by atoms with E-state index in [0.29, 0.717) is 5.84 Å². The van der Waals surface area contributed by atoms with Crippen molar-refractivity contribution >= 4 is 22.8 Å². The van der Waals surface area contributed by atoms with Crippen molar-refractivity contribution in [2.24, 2.45) is 4.40 Å². The molecule has 1 aliphatic heterocycles. The molecule has 1 aromatic carbocycles. The van der Waals surface area contributed by atoms with Crippen molar-refractivity contribution in [3.05, 3.63) is 29.8 Å². The van der Waals surface area contributed by atoms with Gasteiger partial charge in [-0.2, -0.15) is 4.28 Å². The lowest BCUT2D eigenvalue weighted by Gasteiger charge is -2.03. The Kier molecular flexibility index (Phi) is 2.47. The molecule has 0 spiro atoms. The van der Waals surface area contributed by atoms with Crippen molar-refractivity contribution in [1.82, 2.24) is 5.48 Å². The van der Waals surface area contributed by atoms with E-state index in [1.807, 2.05) is 31.3 Å². The third-order valence-electron chi connectivity index (χ3n) is 1.80. The number of nitrogens with one attached hydrogen (secondary N) is 2. The van der Waals surface area contributed by atoms with Crippen LogP contribution in [0.5, 0.6) is 0 Å². The molecule has 0 saturated heterocycles. The Hall–Kier alpha value is -1.40. The van der Waals surface area contributed by atoms with Gasteiger partial charge in [-0.15, -0.1) is 4.40 Å². The summed E-state index contributed by atoms with van der Waals surface area (Å²) in [7, 11) is 1.83. The van der Waals surface area contributed by atoms with Crippen molar-refractivity contribution in [3.8, 4) is 0 Å². The number of benzene rings is 1. The molecule has 1 aliphatic rings. The largest absolute Gasteiger partial charge is 0.388 e. The first kappa shape index (κ1) is 9.17. The molecule has 0 aromatic heterocycles. The first-order chi connectivity index (χ1) is 6.79. The van der Waals surface area contributed by atoms with Gasteiger partial charge in [0.2, 0.25) is 0 Å². The van der Waals surface area contributed by atoms with Gasteiger partial charge in [0.1, 0.15) is 0 Å². The summed E-state index contributed by atoms with van der Waals surface area (Å²) in [5.74, 6) is 0.487. The molecule has 6 heteroatoms. The van der Waals surface area contributed by atoms with E-state index in [4.69, 9.17) is 0 Å². The predicted molar refractivity (Wildman–Crippen MR) is 54.9 cm³/mol. The maximum atomic E-state index is 10.8. The van der Waals surface area contributed by atoms with Crippen molar-refractivity contribution in [1.29, 1.82) is 0 Å². The van der Waals surface area contributed by atoms with Crippen LogP contribution >= 0.6 is 0 Å². The Labute approximate surface area is 83.9 Å². The van der Waals surface area contributed by atoms with Crippen LogP contribution < -0.4 is 10.8 Å². The molecule has 0 saturated carbocycles. The summed E-state index contributed by atoms with van der Waals surface area (Å²) in [5.41, 5.74) is 4.29. The molecule has 1 aromatic rings. The van der Waals surface area contributed by atoms with E-state index in [2.05, 4.69) is 19.5 Å². The van der Waals surface area contributed by atoms with Crippen LogP contribution in [-0.2, 0) is 15.6 Å². The molecule has 1 atom stereocenters. The highest BCUT2D eigenvalue weighted by molar-refractivity contribution is 7.79. The molecule has 74 valence electrons. The zero-order chi connectivity index (χ0) is 9.97. The molecule has 2 N–H and O–H groups in total. The number of hydroxylamine groups is 1. The van der Waals surface area contributed by atoms with Crippen LogP contribution in [0, 0.1) is 0 Å². The highest BCUT2D eigenvalue weighted by Crippen LogP contribution is 2.12. The van der Waals surface area contributed by atoms with Gasteiger partial charge < -0.3 is 5.32 Å². The van der Waals surface area contributed by atoms with Crippen LogP contribution in [0.2, 0.25) is 0 Å². The number of hydrogen-bond acceptors (Lipinski definition) is 4. The fourth-order valence-corrected chi connectivity index (χ4v) is 1.60. The summed E-state index contributed by atoms with van der Waals surface area (Å²) in [6.45, 7) is 0. The third kappa shape index (κ3) is 1.75. The molecular formula is C8H9N3O2S. The van der Waals surface area contributed by atoms with Crippen LogP contribution in [0.25, 0.3) is 0 Å². The van der Waals surface area contributed by atoms with Crippen LogP contribution in [0.3, 0.4) is 0 Å². The van der Waals surface area contributed by atoms with E-state index < -0.39 is 11.3 Å². The third-order valence-corrected chi connectivity index (χ3v) is 2.36. The monoisotopic (exact) mass is 211 g/mol. The van der Waals surface area contributed by atoms with Crippen molar-refractivity contribution in [3.63, 3.8) is 0 Å². The highest BCUT2D eigenvalue weighted by Gasteiger charge is 2.14. The van der Waals surface area contributed by atoms with Crippen LogP contribution in [0.4, 0.5) is 5.69 Å². The van der Waals surface area contributed by atoms with E-state index in [1.165, 1.54) is 0 Å². The summed E-state index contributed by atoms with van der Waals surface area (Å²) in [4.78, 5) is 0. The maximum Gasteiger partial charge on any atom is 0.309 e. The maximum absolute atomic E-state index is 10.8. The minimum Gasteiger partial charge on any atom is -0.388 e. The second-order valence-corrected chi connectivity index (χ2v) is 3.46.